The van der Waals surface area contributed by atoms with Crippen molar-refractivity contribution in [2.45, 2.75) is 39.8 Å². The highest BCUT2D eigenvalue weighted by atomic mass is 16.1. The van der Waals surface area contributed by atoms with Gasteiger partial charge in [-0.25, -0.2) is 0 Å². The summed E-state index contributed by atoms with van der Waals surface area (Å²) < 4.78 is 0. The van der Waals surface area contributed by atoms with Gasteiger partial charge in [0.1, 0.15) is 0 Å². The maximum absolute atomic E-state index is 12.3. The molecule has 0 saturated heterocycles. The Balaban J connectivity index is 2.34. The summed E-state index contributed by atoms with van der Waals surface area (Å²) in [4.78, 5) is 14.5. The third kappa shape index (κ3) is 5.10. The van der Waals surface area contributed by atoms with E-state index >= 15 is 0 Å². The minimum Gasteiger partial charge on any atom is -0.357 e. The molecule has 0 bridgehead atoms. The lowest BCUT2D eigenvalue weighted by molar-refractivity contribution is -0.118. The van der Waals surface area contributed by atoms with E-state index in [0.717, 1.165) is 18.7 Å². The molecule has 2 rings (SSSR count). The summed E-state index contributed by atoms with van der Waals surface area (Å²) >= 11 is 0. The number of rotatable bonds is 7. The van der Waals surface area contributed by atoms with Crippen molar-refractivity contribution in [2.24, 2.45) is 0 Å². The van der Waals surface area contributed by atoms with Gasteiger partial charge in [0, 0.05) is 12.2 Å². The van der Waals surface area contributed by atoms with Gasteiger partial charge < -0.3 is 4.90 Å². The fourth-order valence-corrected chi connectivity index (χ4v) is 2.64. The topological polar surface area (TPSA) is 20.3 Å². The molecule has 23 heavy (non-hydrogen) atoms. The molecule has 1 unspecified atom stereocenters. The summed E-state index contributed by atoms with van der Waals surface area (Å²) in [5.74, 6) is 0.197. The largest absolute Gasteiger partial charge is 0.357 e. The van der Waals surface area contributed by atoms with Gasteiger partial charge >= 0.3 is 0 Å². The monoisotopic (exact) mass is 307 g/mol. The number of nitrogens with zero attached hydrogens (tertiary/aromatic N) is 1. The fourth-order valence-electron chi connectivity index (χ4n) is 2.64. The van der Waals surface area contributed by atoms with Crippen LogP contribution < -0.4 is 4.90 Å². The van der Waals surface area contributed by atoms with E-state index in [-0.39, 0.29) is 11.8 Å². The van der Waals surface area contributed by atoms with Crippen molar-refractivity contribution in [3.63, 3.8) is 0 Å². The highest BCUT2D eigenvalue weighted by Crippen LogP contribution is 2.22. The molecule has 0 fully saturated rings. The number of hydrogen-bond acceptors (Lipinski definition) is 2. The molecule has 0 aliphatic carbocycles. The first-order valence-corrected chi connectivity index (χ1v) is 8.07. The Morgan fingerprint density at radius 3 is 2.04 bits per heavy atom. The molecule has 2 nitrogen and oxygen atoms in total. The van der Waals surface area contributed by atoms with E-state index < -0.39 is 0 Å². The summed E-state index contributed by atoms with van der Waals surface area (Å²) in [6.45, 7) is 6.55. The van der Waals surface area contributed by atoms with E-state index in [1.165, 1.54) is 11.1 Å². The van der Waals surface area contributed by atoms with Crippen LogP contribution in [0.15, 0.2) is 72.3 Å². The Kier molecular flexibility index (Phi) is 6.16. The van der Waals surface area contributed by atoms with Crippen LogP contribution in [0.25, 0.3) is 0 Å². The number of hydrogen-bond donors (Lipinski definition) is 0. The average molecular weight is 307 g/mol. The third-order valence-electron chi connectivity index (χ3n) is 3.88. The van der Waals surface area contributed by atoms with Gasteiger partial charge in [-0.1, -0.05) is 60.2 Å². The molecule has 0 saturated carbocycles. The molecule has 1 atom stereocenters. The molecule has 0 radical (unpaired) electrons. The Morgan fingerprint density at radius 2 is 1.52 bits per heavy atom. The normalized spacial score (nSPS) is 11.6. The molecule has 120 valence electrons. The first kappa shape index (κ1) is 17.0. The van der Waals surface area contributed by atoms with Crippen LogP contribution in [-0.4, -0.2) is 11.8 Å². The van der Waals surface area contributed by atoms with Crippen LogP contribution in [0.2, 0.25) is 0 Å². The SMILES string of the molecule is CC(=O)C(CC=C(C)C)N(Cc1ccccc1)c1ccccc1. The van der Waals surface area contributed by atoms with Gasteiger partial charge in [0.25, 0.3) is 0 Å². The van der Waals surface area contributed by atoms with Crippen molar-refractivity contribution in [2.75, 3.05) is 4.90 Å². The summed E-state index contributed by atoms with van der Waals surface area (Å²) in [5, 5.41) is 0. The van der Waals surface area contributed by atoms with Gasteiger partial charge in [0.05, 0.1) is 6.04 Å². The predicted molar refractivity (Wildman–Crippen MR) is 97.6 cm³/mol. The number of anilines is 1. The highest BCUT2D eigenvalue weighted by Gasteiger charge is 2.22. The van der Waals surface area contributed by atoms with E-state index in [9.17, 15) is 4.79 Å². The zero-order valence-corrected chi connectivity index (χ0v) is 14.2. The smallest absolute Gasteiger partial charge is 0.152 e. The van der Waals surface area contributed by atoms with E-state index in [4.69, 9.17) is 0 Å². The summed E-state index contributed by atoms with van der Waals surface area (Å²) in [5.41, 5.74) is 3.53. The Hall–Kier alpha value is -2.35. The number of allylic oxidation sites excluding steroid dienone is 1. The molecule has 0 aliphatic heterocycles. The van der Waals surface area contributed by atoms with Crippen LogP contribution >= 0.6 is 0 Å². The maximum Gasteiger partial charge on any atom is 0.152 e. The van der Waals surface area contributed by atoms with Crippen molar-refractivity contribution < 1.29 is 4.79 Å². The molecule has 0 heterocycles. The quantitative estimate of drug-likeness (QED) is 0.670. The van der Waals surface area contributed by atoms with Crippen molar-refractivity contribution >= 4 is 11.5 Å². The number of ketones is 1. The Bertz CT molecular complexity index is 642. The molecular weight excluding hydrogens is 282 g/mol. The first-order chi connectivity index (χ1) is 11.1. The van der Waals surface area contributed by atoms with Gasteiger partial charge in [0.2, 0.25) is 0 Å². The van der Waals surface area contributed by atoms with Crippen molar-refractivity contribution in [3.05, 3.63) is 77.9 Å². The first-order valence-electron chi connectivity index (χ1n) is 8.07. The minimum atomic E-state index is -0.146. The van der Waals surface area contributed by atoms with Gasteiger partial charge in [-0.3, -0.25) is 4.79 Å². The number of carbonyl (C=O) groups excluding carboxylic acids is 1. The zero-order valence-electron chi connectivity index (χ0n) is 14.2. The fraction of sp³-hybridized carbons (Fsp3) is 0.286. The van der Waals surface area contributed by atoms with Crippen LogP contribution in [0.4, 0.5) is 5.69 Å². The second-order valence-corrected chi connectivity index (χ2v) is 6.09. The minimum absolute atomic E-state index is 0.146. The molecular formula is C21H25NO. The predicted octanol–water partition coefficient (Wildman–Crippen LogP) is 5.01. The zero-order chi connectivity index (χ0) is 16.7. The standard InChI is InChI=1S/C21H25NO/c1-17(2)14-15-21(18(3)23)22(20-12-8-5-9-13-20)16-19-10-6-4-7-11-19/h4-14,21H,15-16H2,1-3H3. The lowest BCUT2D eigenvalue weighted by atomic mass is 10.0. The third-order valence-corrected chi connectivity index (χ3v) is 3.88. The van der Waals surface area contributed by atoms with E-state index in [2.05, 4.69) is 49.1 Å². The van der Waals surface area contributed by atoms with E-state index in [1.54, 1.807) is 6.92 Å². The lowest BCUT2D eigenvalue weighted by Crippen LogP contribution is -2.39. The highest BCUT2D eigenvalue weighted by molar-refractivity contribution is 5.85. The number of benzene rings is 2. The lowest BCUT2D eigenvalue weighted by Gasteiger charge is -2.32. The number of Topliss-reactive ketones (excluding diaryl/α,β-unsaturated/α-hetero) is 1. The average Bonchev–Trinajstić information content (AvgIpc) is 2.55. The number of carbonyl (C=O) groups is 1. The van der Waals surface area contributed by atoms with Gasteiger partial charge in [-0.15, -0.1) is 0 Å². The molecule has 0 N–H and O–H groups in total. The van der Waals surface area contributed by atoms with Crippen LogP contribution in [-0.2, 0) is 11.3 Å². The Morgan fingerprint density at radius 1 is 0.957 bits per heavy atom. The van der Waals surface area contributed by atoms with Gasteiger partial charge in [0.15, 0.2) is 5.78 Å². The van der Waals surface area contributed by atoms with Crippen LogP contribution in [0.1, 0.15) is 32.8 Å². The van der Waals surface area contributed by atoms with E-state index in [0.29, 0.717) is 0 Å². The van der Waals surface area contributed by atoms with Crippen LogP contribution in [0.3, 0.4) is 0 Å². The van der Waals surface area contributed by atoms with E-state index in [1.807, 2.05) is 36.4 Å². The molecule has 0 amide bonds. The maximum atomic E-state index is 12.3. The second kappa shape index (κ2) is 8.33. The Labute approximate surface area is 139 Å². The van der Waals surface area contributed by atoms with Gasteiger partial charge in [-0.2, -0.15) is 0 Å². The molecule has 0 spiro atoms. The summed E-state index contributed by atoms with van der Waals surface area (Å²) in [6.07, 6.45) is 2.88. The summed E-state index contributed by atoms with van der Waals surface area (Å²) in [7, 11) is 0. The van der Waals surface area contributed by atoms with Crippen molar-refractivity contribution in [3.8, 4) is 0 Å². The number of para-hydroxylation sites is 1. The van der Waals surface area contributed by atoms with Crippen LogP contribution in [0.5, 0.6) is 0 Å². The summed E-state index contributed by atoms with van der Waals surface area (Å²) in [6, 6.07) is 20.3. The second-order valence-electron chi connectivity index (χ2n) is 6.09. The molecule has 2 aromatic carbocycles. The van der Waals surface area contributed by atoms with Crippen molar-refractivity contribution in [1.82, 2.24) is 0 Å². The molecule has 0 aromatic heterocycles. The van der Waals surface area contributed by atoms with Crippen molar-refractivity contribution in [1.29, 1.82) is 0 Å². The van der Waals surface area contributed by atoms with Crippen LogP contribution in [0, 0.1) is 0 Å². The van der Waals surface area contributed by atoms with Gasteiger partial charge in [-0.05, 0) is 44.9 Å². The molecule has 2 aromatic rings. The molecule has 0 aliphatic rings. The molecule has 2 heteroatoms.